The smallest absolute Gasteiger partial charge is 0.330 e. The molecule has 0 saturated heterocycles. The molecule has 0 radical (unpaired) electrons. The van der Waals surface area contributed by atoms with E-state index in [1.807, 2.05) is 0 Å². The van der Waals surface area contributed by atoms with Crippen LogP contribution in [0, 0.1) is 6.92 Å². The van der Waals surface area contributed by atoms with Crippen molar-refractivity contribution in [1.82, 2.24) is 0 Å². The average Bonchev–Trinajstić information content (AvgIpc) is 2.51. The molecule has 0 spiro atoms. The molecule has 1 aromatic rings. The average molecular weight is 183 g/mol. The Morgan fingerprint density at radius 3 is 2.85 bits per heavy atom. The summed E-state index contributed by atoms with van der Waals surface area (Å²) < 4.78 is 9.93. The van der Waals surface area contributed by atoms with Gasteiger partial charge in [0.2, 0.25) is 0 Å². The molecule has 0 fully saturated rings. The number of hydrogen-bond donors (Lipinski definition) is 1. The van der Waals surface area contributed by atoms with Gasteiger partial charge in [0.15, 0.2) is 6.04 Å². The molecule has 0 amide bonds. The molecule has 1 aromatic heterocycles. The Hall–Kier alpha value is -1.29. The zero-order valence-electron chi connectivity index (χ0n) is 7.74. The molecule has 0 aliphatic carbocycles. The lowest BCUT2D eigenvalue weighted by molar-refractivity contribution is -0.145. The summed E-state index contributed by atoms with van der Waals surface area (Å²) >= 11 is 0. The zero-order chi connectivity index (χ0) is 9.84. The number of nitrogens with two attached hydrogens (primary N) is 1. The van der Waals surface area contributed by atoms with E-state index in [4.69, 9.17) is 14.9 Å². The second-order valence-electron chi connectivity index (χ2n) is 2.68. The van der Waals surface area contributed by atoms with E-state index < -0.39 is 12.0 Å². The van der Waals surface area contributed by atoms with Gasteiger partial charge in [-0.3, -0.25) is 0 Å². The summed E-state index contributed by atoms with van der Waals surface area (Å²) in [5.41, 5.74) is 5.57. The van der Waals surface area contributed by atoms with E-state index >= 15 is 0 Å². The summed E-state index contributed by atoms with van der Waals surface area (Å²) in [5, 5.41) is 0. The van der Waals surface area contributed by atoms with Gasteiger partial charge in [0.25, 0.3) is 0 Å². The quantitative estimate of drug-likeness (QED) is 0.714. The molecule has 72 valence electrons. The van der Waals surface area contributed by atoms with Crippen molar-refractivity contribution in [3.05, 3.63) is 23.7 Å². The van der Waals surface area contributed by atoms with Crippen molar-refractivity contribution < 1.29 is 13.9 Å². The van der Waals surface area contributed by atoms with Crippen molar-refractivity contribution in [2.75, 3.05) is 6.61 Å². The van der Waals surface area contributed by atoms with Gasteiger partial charge in [-0.1, -0.05) is 0 Å². The van der Waals surface area contributed by atoms with E-state index in [1.165, 1.54) is 0 Å². The van der Waals surface area contributed by atoms with Crippen LogP contribution in [0.5, 0.6) is 0 Å². The summed E-state index contributed by atoms with van der Waals surface area (Å²) in [7, 11) is 0. The van der Waals surface area contributed by atoms with Gasteiger partial charge in [0.05, 0.1) is 6.61 Å². The van der Waals surface area contributed by atoms with Crippen LogP contribution in [0.3, 0.4) is 0 Å². The Morgan fingerprint density at radius 1 is 1.69 bits per heavy atom. The first kappa shape index (κ1) is 9.80. The van der Waals surface area contributed by atoms with Crippen LogP contribution in [0.15, 0.2) is 16.5 Å². The highest BCUT2D eigenvalue weighted by molar-refractivity contribution is 5.76. The number of rotatable bonds is 3. The number of esters is 1. The molecule has 0 aliphatic rings. The van der Waals surface area contributed by atoms with E-state index in [0.717, 1.165) is 5.76 Å². The highest BCUT2D eigenvalue weighted by Gasteiger charge is 2.19. The monoisotopic (exact) mass is 183 g/mol. The Morgan fingerprint density at radius 2 is 2.38 bits per heavy atom. The van der Waals surface area contributed by atoms with Crippen molar-refractivity contribution in [3.63, 3.8) is 0 Å². The molecule has 1 heterocycles. The number of furan rings is 1. The summed E-state index contributed by atoms with van der Waals surface area (Å²) in [5.74, 6) is 0.711. The van der Waals surface area contributed by atoms with Crippen molar-refractivity contribution in [3.8, 4) is 0 Å². The van der Waals surface area contributed by atoms with Crippen molar-refractivity contribution in [2.24, 2.45) is 5.73 Å². The second-order valence-corrected chi connectivity index (χ2v) is 2.68. The molecular weight excluding hydrogens is 170 g/mol. The third-order valence-electron chi connectivity index (χ3n) is 1.61. The van der Waals surface area contributed by atoms with E-state index in [2.05, 4.69) is 0 Å². The van der Waals surface area contributed by atoms with Crippen LogP contribution in [-0.4, -0.2) is 12.6 Å². The fourth-order valence-corrected chi connectivity index (χ4v) is 0.969. The molecule has 0 aliphatic heterocycles. The topological polar surface area (TPSA) is 65.5 Å². The van der Waals surface area contributed by atoms with Gasteiger partial charge in [-0.15, -0.1) is 0 Å². The lowest BCUT2D eigenvalue weighted by Crippen LogP contribution is -2.23. The maximum atomic E-state index is 11.1. The number of carbonyl (C=O) groups is 1. The van der Waals surface area contributed by atoms with Crippen molar-refractivity contribution in [2.45, 2.75) is 19.9 Å². The van der Waals surface area contributed by atoms with Gasteiger partial charge in [-0.2, -0.15) is 0 Å². The molecule has 0 saturated carbocycles. The van der Waals surface area contributed by atoms with Crippen LogP contribution in [0.2, 0.25) is 0 Å². The third kappa shape index (κ3) is 2.32. The van der Waals surface area contributed by atoms with Crippen molar-refractivity contribution >= 4 is 5.97 Å². The largest absolute Gasteiger partial charge is 0.464 e. The van der Waals surface area contributed by atoms with Gasteiger partial charge in [0.1, 0.15) is 11.5 Å². The maximum absolute atomic E-state index is 11.1. The van der Waals surface area contributed by atoms with E-state index in [-0.39, 0.29) is 0 Å². The minimum atomic E-state index is -0.811. The predicted octanol–water partition coefficient (Wildman–Crippen LogP) is 1.15. The Balaban J connectivity index is 2.67. The molecule has 1 rings (SSSR count). The standard InChI is InChI=1S/C9H13NO3/c1-3-12-9(11)8(10)7-5-4-6(2)13-7/h4-5,8H,3,10H2,1-2H3. The molecule has 13 heavy (non-hydrogen) atoms. The highest BCUT2D eigenvalue weighted by atomic mass is 16.5. The molecule has 0 bridgehead atoms. The minimum Gasteiger partial charge on any atom is -0.464 e. The molecule has 0 aromatic carbocycles. The number of aryl methyl sites for hydroxylation is 1. The molecule has 4 nitrogen and oxygen atoms in total. The molecular formula is C9H13NO3. The maximum Gasteiger partial charge on any atom is 0.330 e. The summed E-state index contributed by atoms with van der Waals surface area (Å²) in [6, 6.07) is 2.62. The van der Waals surface area contributed by atoms with Crippen LogP contribution < -0.4 is 5.73 Å². The SMILES string of the molecule is CCOC(=O)C(N)c1ccc(C)o1. The second kappa shape index (κ2) is 4.09. The molecule has 4 heteroatoms. The fourth-order valence-electron chi connectivity index (χ4n) is 0.969. The Kier molecular flexibility index (Phi) is 3.08. The van der Waals surface area contributed by atoms with E-state index in [1.54, 1.807) is 26.0 Å². The first-order chi connectivity index (χ1) is 6.15. The van der Waals surface area contributed by atoms with Gasteiger partial charge in [0, 0.05) is 0 Å². The highest BCUT2D eigenvalue weighted by Crippen LogP contribution is 2.14. The lowest BCUT2D eigenvalue weighted by atomic mass is 10.2. The van der Waals surface area contributed by atoms with Crippen LogP contribution in [0.1, 0.15) is 24.5 Å². The predicted molar refractivity (Wildman–Crippen MR) is 47.0 cm³/mol. The van der Waals surface area contributed by atoms with Crippen LogP contribution in [0.25, 0.3) is 0 Å². The first-order valence-corrected chi connectivity index (χ1v) is 4.13. The number of carbonyl (C=O) groups excluding carboxylic acids is 1. The normalized spacial score (nSPS) is 12.5. The number of hydrogen-bond acceptors (Lipinski definition) is 4. The van der Waals surface area contributed by atoms with Gasteiger partial charge in [-0.25, -0.2) is 4.79 Å². The van der Waals surface area contributed by atoms with Gasteiger partial charge in [-0.05, 0) is 26.0 Å². The van der Waals surface area contributed by atoms with Crippen LogP contribution >= 0.6 is 0 Å². The zero-order valence-corrected chi connectivity index (χ0v) is 7.74. The Labute approximate surface area is 76.7 Å². The van der Waals surface area contributed by atoms with E-state index in [0.29, 0.717) is 12.4 Å². The fraction of sp³-hybridized carbons (Fsp3) is 0.444. The van der Waals surface area contributed by atoms with Gasteiger partial charge >= 0.3 is 5.97 Å². The lowest BCUT2D eigenvalue weighted by Gasteiger charge is -2.06. The summed E-state index contributed by atoms with van der Waals surface area (Å²) in [6.45, 7) is 3.85. The summed E-state index contributed by atoms with van der Waals surface area (Å²) in [4.78, 5) is 11.1. The minimum absolute atomic E-state index is 0.326. The molecule has 2 N–H and O–H groups in total. The third-order valence-corrected chi connectivity index (χ3v) is 1.61. The molecule has 1 atom stereocenters. The first-order valence-electron chi connectivity index (χ1n) is 4.13. The summed E-state index contributed by atoms with van der Waals surface area (Å²) in [6.07, 6.45) is 0. The molecule has 1 unspecified atom stereocenters. The number of ether oxygens (including phenoxy) is 1. The van der Waals surface area contributed by atoms with Crippen molar-refractivity contribution in [1.29, 1.82) is 0 Å². The van der Waals surface area contributed by atoms with Crippen LogP contribution in [-0.2, 0) is 9.53 Å². The Bertz CT molecular complexity index is 293. The van der Waals surface area contributed by atoms with Crippen LogP contribution in [0.4, 0.5) is 0 Å². The van der Waals surface area contributed by atoms with Gasteiger partial charge < -0.3 is 14.9 Å². The van der Waals surface area contributed by atoms with E-state index in [9.17, 15) is 4.79 Å².